The molecule has 0 radical (unpaired) electrons. The van der Waals surface area contributed by atoms with E-state index in [1.165, 1.54) is 4.90 Å². The van der Waals surface area contributed by atoms with Gasteiger partial charge in [0.1, 0.15) is 5.69 Å². The lowest BCUT2D eigenvalue weighted by atomic mass is 10.0. The Morgan fingerprint density at radius 1 is 1.26 bits per heavy atom. The first-order chi connectivity index (χ1) is 14.6. The molecule has 0 aromatic carbocycles. The van der Waals surface area contributed by atoms with Gasteiger partial charge in [0.05, 0.1) is 17.3 Å². The van der Waals surface area contributed by atoms with Gasteiger partial charge in [-0.2, -0.15) is 23.0 Å². The molecule has 0 saturated carbocycles. The van der Waals surface area contributed by atoms with E-state index in [4.69, 9.17) is 0 Å². The van der Waals surface area contributed by atoms with E-state index < -0.39 is 35.2 Å². The number of amides is 1. The molecule has 3 aromatic heterocycles. The van der Waals surface area contributed by atoms with E-state index in [2.05, 4.69) is 20.4 Å². The zero-order chi connectivity index (χ0) is 22.5. The molecule has 4 rings (SSSR count). The van der Waals surface area contributed by atoms with Crippen molar-refractivity contribution in [2.45, 2.75) is 45.5 Å². The van der Waals surface area contributed by atoms with Crippen LogP contribution in [0, 0.1) is 5.82 Å². The van der Waals surface area contributed by atoms with Crippen LogP contribution in [0.1, 0.15) is 60.3 Å². The van der Waals surface area contributed by atoms with Crippen LogP contribution in [0.2, 0.25) is 0 Å². The van der Waals surface area contributed by atoms with E-state index in [1.54, 1.807) is 22.4 Å². The molecule has 0 fully saturated rings. The Labute approximate surface area is 174 Å². The van der Waals surface area contributed by atoms with Crippen molar-refractivity contribution in [2.75, 3.05) is 6.54 Å². The number of hydrogen-bond donors (Lipinski definition) is 0. The standard InChI is InChI=1S/C19H19F4N7O/c1-10(2)29-9-6-14(26-29)30-13-5-8-28(11(3)16(13)25-27-30)18(31)12-4-7-24-17(15(12)20)19(21,22)23/h4,6-7,9-11H,5,8H2,1-3H3. The number of rotatable bonds is 3. The second-order valence-corrected chi connectivity index (χ2v) is 7.52. The summed E-state index contributed by atoms with van der Waals surface area (Å²) in [6.45, 7) is 5.81. The van der Waals surface area contributed by atoms with Gasteiger partial charge in [0, 0.05) is 37.5 Å². The fourth-order valence-electron chi connectivity index (χ4n) is 3.59. The Kier molecular flexibility index (Phi) is 5.02. The Morgan fingerprint density at radius 3 is 2.65 bits per heavy atom. The van der Waals surface area contributed by atoms with Gasteiger partial charge in [0.25, 0.3) is 5.91 Å². The molecule has 0 aliphatic carbocycles. The van der Waals surface area contributed by atoms with E-state index in [0.717, 1.165) is 18.0 Å². The van der Waals surface area contributed by atoms with Crippen molar-refractivity contribution in [3.8, 4) is 5.82 Å². The SMILES string of the molecule is CC1c2nnn(-c3ccn(C(C)C)n3)c2CCN1C(=O)c1ccnc(C(F)(F)F)c1F. The van der Waals surface area contributed by atoms with Gasteiger partial charge in [0.15, 0.2) is 17.3 Å². The van der Waals surface area contributed by atoms with Crippen LogP contribution in [0.4, 0.5) is 17.6 Å². The number of halogens is 4. The van der Waals surface area contributed by atoms with Crippen LogP contribution in [-0.2, 0) is 12.6 Å². The highest BCUT2D eigenvalue weighted by atomic mass is 19.4. The van der Waals surface area contributed by atoms with Crippen molar-refractivity contribution in [2.24, 2.45) is 0 Å². The molecule has 31 heavy (non-hydrogen) atoms. The number of carbonyl (C=O) groups excluding carboxylic acids is 1. The van der Waals surface area contributed by atoms with Gasteiger partial charge >= 0.3 is 6.18 Å². The second kappa shape index (κ2) is 7.43. The van der Waals surface area contributed by atoms with E-state index >= 15 is 0 Å². The zero-order valence-corrected chi connectivity index (χ0v) is 16.9. The second-order valence-electron chi connectivity index (χ2n) is 7.52. The molecule has 164 valence electrons. The molecule has 1 aliphatic rings. The summed E-state index contributed by atoms with van der Waals surface area (Å²) < 4.78 is 56.7. The lowest BCUT2D eigenvalue weighted by Crippen LogP contribution is -2.40. The van der Waals surface area contributed by atoms with Gasteiger partial charge in [-0.3, -0.25) is 9.48 Å². The zero-order valence-electron chi connectivity index (χ0n) is 16.9. The first-order valence-electron chi connectivity index (χ1n) is 9.62. The minimum absolute atomic E-state index is 0.161. The third kappa shape index (κ3) is 3.55. The van der Waals surface area contributed by atoms with Crippen LogP contribution in [0.25, 0.3) is 5.82 Å². The van der Waals surface area contributed by atoms with Gasteiger partial charge in [-0.1, -0.05) is 5.21 Å². The van der Waals surface area contributed by atoms with Gasteiger partial charge in [0.2, 0.25) is 0 Å². The number of hydrogen-bond acceptors (Lipinski definition) is 5. The average Bonchev–Trinajstić information content (AvgIpc) is 3.34. The highest BCUT2D eigenvalue weighted by Crippen LogP contribution is 2.33. The van der Waals surface area contributed by atoms with E-state index in [0.29, 0.717) is 17.9 Å². The number of fused-ring (bicyclic) bond motifs is 1. The molecule has 0 bridgehead atoms. The molecule has 1 aliphatic heterocycles. The summed E-state index contributed by atoms with van der Waals surface area (Å²) in [4.78, 5) is 17.2. The molecule has 8 nitrogen and oxygen atoms in total. The van der Waals surface area contributed by atoms with Crippen LogP contribution < -0.4 is 0 Å². The van der Waals surface area contributed by atoms with E-state index in [9.17, 15) is 22.4 Å². The maximum atomic E-state index is 14.4. The lowest BCUT2D eigenvalue weighted by Gasteiger charge is -2.32. The largest absolute Gasteiger partial charge is 0.436 e. The van der Waals surface area contributed by atoms with Gasteiger partial charge in [-0.15, -0.1) is 5.10 Å². The normalized spacial score (nSPS) is 16.6. The van der Waals surface area contributed by atoms with Gasteiger partial charge in [-0.25, -0.2) is 9.37 Å². The monoisotopic (exact) mass is 437 g/mol. The van der Waals surface area contributed by atoms with Crippen molar-refractivity contribution < 1.29 is 22.4 Å². The number of pyridine rings is 1. The molecule has 3 aromatic rings. The number of aromatic nitrogens is 6. The molecule has 1 amide bonds. The Hall–Kier alpha value is -3.31. The Balaban J connectivity index is 1.64. The van der Waals surface area contributed by atoms with E-state index in [1.807, 2.05) is 20.0 Å². The summed E-state index contributed by atoms with van der Waals surface area (Å²) >= 11 is 0. The third-order valence-corrected chi connectivity index (χ3v) is 5.24. The van der Waals surface area contributed by atoms with Crippen LogP contribution >= 0.6 is 0 Å². The minimum atomic E-state index is -5.00. The molecule has 0 spiro atoms. The smallest absolute Gasteiger partial charge is 0.330 e. The summed E-state index contributed by atoms with van der Waals surface area (Å²) in [5, 5.41) is 12.8. The Morgan fingerprint density at radius 2 is 2.00 bits per heavy atom. The molecule has 12 heteroatoms. The summed E-state index contributed by atoms with van der Waals surface area (Å²) in [6, 6.07) is 2.29. The molecule has 0 saturated heterocycles. The van der Waals surface area contributed by atoms with Crippen molar-refractivity contribution in [3.05, 3.63) is 53.0 Å². The van der Waals surface area contributed by atoms with E-state index in [-0.39, 0.29) is 12.6 Å². The molecular formula is C19H19F4N7O. The average molecular weight is 437 g/mol. The van der Waals surface area contributed by atoms with Crippen molar-refractivity contribution in [3.63, 3.8) is 0 Å². The molecule has 1 unspecified atom stereocenters. The summed E-state index contributed by atoms with van der Waals surface area (Å²) in [5.74, 6) is -1.97. The number of alkyl halides is 3. The van der Waals surface area contributed by atoms with Crippen LogP contribution in [-0.4, -0.2) is 47.1 Å². The van der Waals surface area contributed by atoms with Crippen LogP contribution in [0.5, 0.6) is 0 Å². The quantitative estimate of drug-likeness (QED) is 0.587. The molecule has 4 heterocycles. The summed E-state index contributed by atoms with van der Waals surface area (Å²) in [6.07, 6.45) is -2.06. The third-order valence-electron chi connectivity index (χ3n) is 5.24. The first-order valence-corrected chi connectivity index (χ1v) is 9.62. The Bertz CT molecular complexity index is 1130. The lowest BCUT2D eigenvalue weighted by molar-refractivity contribution is -0.143. The predicted octanol–water partition coefficient (Wildman–Crippen LogP) is 3.36. The topological polar surface area (TPSA) is 81.7 Å². The fourth-order valence-corrected chi connectivity index (χ4v) is 3.59. The predicted molar refractivity (Wildman–Crippen MR) is 99.9 cm³/mol. The van der Waals surface area contributed by atoms with Crippen molar-refractivity contribution >= 4 is 5.91 Å². The van der Waals surface area contributed by atoms with Crippen LogP contribution in [0.3, 0.4) is 0 Å². The summed E-state index contributed by atoms with van der Waals surface area (Å²) in [7, 11) is 0. The minimum Gasteiger partial charge on any atom is -0.330 e. The number of nitrogens with zero attached hydrogens (tertiary/aromatic N) is 7. The highest BCUT2D eigenvalue weighted by molar-refractivity contribution is 5.95. The van der Waals surface area contributed by atoms with Gasteiger partial charge < -0.3 is 4.90 Å². The summed E-state index contributed by atoms with van der Waals surface area (Å²) in [5.41, 5.74) is -1.16. The van der Waals surface area contributed by atoms with Crippen molar-refractivity contribution in [1.82, 2.24) is 34.7 Å². The maximum absolute atomic E-state index is 14.4. The molecule has 0 N–H and O–H groups in total. The molecule has 1 atom stereocenters. The van der Waals surface area contributed by atoms with Gasteiger partial charge in [-0.05, 0) is 26.8 Å². The first kappa shape index (κ1) is 20.9. The van der Waals surface area contributed by atoms with Crippen molar-refractivity contribution in [1.29, 1.82) is 0 Å². The fraction of sp³-hybridized carbons (Fsp3) is 0.421. The number of carbonyl (C=O) groups is 1. The molecular weight excluding hydrogens is 418 g/mol. The van der Waals surface area contributed by atoms with Crippen LogP contribution in [0.15, 0.2) is 24.5 Å². The highest BCUT2D eigenvalue weighted by Gasteiger charge is 2.40. The maximum Gasteiger partial charge on any atom is 0.436 e.